The van der Waals surface area contributed by atoms with Gasteiger partial charge in [0.15, 0.2) is 0 Å². The highest BCUT2D eigenvalue weighted by molar-refractivity contribution is 5.85. The summed E-state index contributed by atoms with van der Waals surface area (Å²) in [5.74, 6) is 3.06. The molecule has 0 aliphatic rings. The molecule has 0 amide bonds. The number of nitrogens with one attached hydrogen (secondary N) is 2. The van der Waals surface area contributed by atoms with Crippen LogP contribution < -0.4 is 15.7 Å². The maximum Gasteiger partial charge on any atom is 0.307 e. The highest BCUT2D eigenvalue weighted by Gasteiger charge is 2.10. The lowest BCUT2D eigenvalue weighted by Gasteiger charge is -2.15. The first-order chi connectivity index (χ1) is 10.6. The average Bonchev–Trinajstić information content (AvgIpc) is 2.52. The van der Waals surface area contributed by atoms with Crippen molar-refractivity contribution < 1.29 is 14.4 Å². The number of ether oxygens (including phenoxy) is 1. The minimum absolute atomic E-state index is 0. The van der Waals surface area contributed by atoms with Crippen LogP contribution in [0.2, 0.25) is 0 Å². The highest BCUT2D eigenvalue weighted by Crippen LogP contribution is 2.12. The van der Waals surface area contributed by atoms with E-state index in [1.807, 2.05) is 0 Å². The second kappa shape index (κ2) is 11.3. The predicted molar refractivity (Wildman–Crippen MR) is 89.5 cm³/mol. The molecule has 0 saturated heterocycles. The van der Waals surface area contributed by atoms with Crippen LogP contribution in [0.3, 0.4) is 0 Å². The van der Waals surface area contributed by atoms with E-state index < -0.39 is 0 Å². The van der Waals surface area contributed by atoms with Gasteiger partial charge in [0, 0.05) is 13.6 Å². The maximum atomic E-state index is 11.3. The Bertz CT molecular complexity index is 537. The first kappa shape index (κ1) is 20.7. The number of terminal acetylenes is 1. The molecule has 9 nitrogen and oxygen atoms in total. The van der Waals surface area contributed by atoms with Gasteiger partial charge in [0.1, 0.15) is 0 Å². The van der Waals surface area contributed by atoms with Crippen molar-refractivity contribution in [3.63, 3.8) is 0 Å². The van der Waals surface area contributed by atoms with Crippen LogP contribution >= 0.6 is 12.4 Å². The van der Waals surface area contributed by atoms with Crippen molar-refractivity contribution in [3.05, 3.63) is 0 Å². The number of esters is 1. The SMILES string of the molecule is C#CCNc1nc(NCCC(=O)OCC)nc(N(C)OC)n1.Cl. The summed E-state index contributed by atoms with van der Waals surface area (Å²) in [7, 11) is 3.15. The fourth-order valence-electron chi connectivity index (χ4n) is 1.38. The third kappa shape index (κ3) is 7.49. The van der Waals surface area contributed by atoms with E-state index in [2.05, 4.69) is 31.5 Å². The minimum atomic E-state index is -0.288. The molecular formula is C13H21ClN6O3. The standard InChI is InChI=1S/C13H20N6O3.ClH/c1-5-8-14-11-16-12(15-9-7-10(20)22-6-2)18-13(17-11)19(3)21-4;/h1H,6-9H2,2-4H3,(H2,14,15,16,17,18);1H. The number of anilines is 3. The molecular weight excluding hydrogens is 324 g/mol. The van der Waals surface area contributed by atoms with E-state index in [1.165, 1.54) is 12.2 Å². The van der Waals surface area contributed by atoms with Crippen LogP contribution in [0.15, 0.2) is 0 Å². The number of nitrogens with zero attached hydrogens (tertiary/aromatic N) is 4. The van der Waals surface area contributed by atoms with Gasteiger partial charge in [0.05, 0.1) is 26.7 Å². The molecule has 1 heterocycles. The van der Waals surface area contributed by atoms with Crippen LogP contribution in [0.4, 0.5) is 17.8 Å². The second-order valence-electron chi connectivity index (χ2n) is 4.00. The summed E-state index contributed by atoms with van der Waals surface area (Å²) in [5.41, 5.74) is 0. The number of rotatable bonds is 9. The lowest BCUT2D eigenvalue weighted by Crippen LogP contribution is -2.21. The van der Waals surface area contributed by atoms with Gasteiger partial charge in [-0.3, -0.25) is 9.63 Å². The van der Waals surface area contributed by atoms with Crippen LogP contribution in [0, 0.1) is 12.3 Å². The largest absolute Gasteiger partial charge is 0.466 e. The first-order valence-corrected chi connectivity index (χ1v) is 6.71. The molecule has 128 valence electrons. The van der Waals surface area contributed by atoms with E-state index in [0.717, 1.165) is 0 Å². The van der Waals surface area contributed by atoms with Gasteiger partial charge >= 0.3 is 5.97 Å². The molecule has 0 spiro atoms. The normalized spacial score (nSPS) is 9.30. The van der Waals surface area contributed by atoms with E-state index in [0.29, 0.717) is 31.0 Å². The van der Waals surface area contributed by atoms with Gasteiger partial charge in [0.25, 0.3) is 5.95 Å². The van der Waals surface area contributed by atoms with Gasteiger partial charge in [-0.2, -0.15) is 15.0 Å². The molecule has 0 unspecified atom stereocenters. The van der Waals surface area contributed by atoms with E-state index >= 15 is 0 Å². The number of carbonyl (C=O) groups excluding carboxylic acids is 1. The Morgan fingerprint density at radius 3 is 2.52 bits per heavy atom. The predicted octanol–water partition coefficient (Wildman–Crippen LogP) is 0.701. The number of hydrogen-bond donors (Lipinski definition) is 2. The lowest BCUT2D eigenvalue weighted by molar-refractivity contribution is -0.142. The smallest absolute Gasteiger partial charge is 0.307 e. The van der Waals surface area contributed by atoms with E-state index in [-0.39, 0.29) is 31.3 Å². The maximum absolute atomic E-state index is 11.3. The molecule has 10 heteroatoms. The summed E-state index contributed by atoms with van der Waals surface area (Å²) in [4.78, 5) is 28.8. The molecule has 1 aromatic heterocycles. The van der Waals surface area contributed by atoms with Gasteiger partial charge in [-0.05, 0) is 6.92 Å². The molecule has 1 rings (SSSR count). The van der Waals surface area contributed by atoms with Crippen LogP contribution in [0.1, 0.15) is 13.3 Å². The fourth-order valence-corrected chi connectivity index (χ4v) is 1.38. The van der Waals surface area contributed by atoms with Crippen LogP contribution in [0.25, 0.3) is 0 Å². The molecule has 2 N–H and O–H groups in total. The Kier molecular flexibility index (Phi) is 10.1. The van der Waals surface area contributed by atoms with Crippen LogP contribution in [0.5, 0.6) is 0 Å². The molecule has 0 atom stereocenters. The van der Waals surface area contributed by atoms with Gasteiger partial charge in [-0.15, -0.1) is 18.8 Å². The molecule has 0 saturated carbocycles. The molecule has 0 aliphatic carbocycles. The zero-order chi connectivity index (χ0) is 16.4. The number of aromatic nitrogens is 3. The van der Waals surface area contributed by atoms with E-state index in [1.54, 1.807) is 14.0 Å². The van der Waals surface area contributed by atoms with Crippen molar-refractivity contribution in [2.24, 2.45) is 0 Å². The molecule has 0 radical (unpaired) electrons. The number of halogens is 1. The zero-order valence-electron chi connectivity index (χ0n) is 13.3. The first-order valence-electron chi connectivity index (χ1n) is 6.71. The Morgan fingerprint density at radius 2 is 1.96 bits per heavy atom. The van der Waals surface area contributed by atoms with Crippen molar-refractivity contribution in [1.82, 2.24) is 15.0 Å². The summed E-state index contributed by atoms with van der Waals surface area (Å²) in [6.45, 7) is 2.73. The minimum Gasteiger partial charge on any atom is -0.466 e. The topological polar surface area (TPSA) is 102 Å². The van der Waals surface area contributed by atoms with Gasteiger partial charge in [-0.25, -0.2) is 5.06 Å². The summed E-state index contributed by atoms with van der Waals surface area (Å²) in [6, 6.07) is 0. The Hall–Kier alpha value is -2.31. The van der Waals surface area contributed by atoms with Crippen molar-refractivity contribution in [1.29, 1.82) is 0 Å². The molecule has 1 aromatic rings. The molecule has 0 bridgehead atoms. The number of hydrogen-bond acceptors (Lipinski definition) is 9. The Labute approximate surface area is 141 Å². The van der Waals surface area contributed by atoms with E-state index in [4.69, 9.17) is 16.0 Å². The second-order valence-corrected chi connectivity index (χ2v) is 4.00. The monoisotopic (exact) mass is 344 g/mol. The Balaban J connectivity index is 0.00000484. The van der Waals surface area contributed by atoms with Crippen molar-refractivity contribution in [2.45, 2.75) is 13.3 Å². The molecule has 0 aliphatic heterocycles. The van der Waals surface area contributed by atoms with Gasteiger partial charge in [-0.1, -0.05) is 5.92 Å². The van der Waals surface area contributed by atoms with E-state index in [9.17, 15) is 4.79 Å². The van der Waals surface area contributed by atoms with Crippen molar-refractivity contribution >= 4 is 36.2 Å². The van der Waals surface area contributed by atoms with Crippen molar-refractivity contribution in [2.75, 3.05) is 49.6 Å². The molecule has 23 heavy (non-hydrogen) atoms. The van der Waals surface area contributed by atoms with Crippen molar-refractivity contribution in [3.8, 4) is 12.3 Å². The average molecular weight is 345 g/mol. The molecule has 0 fully saturated rings. The fraction of sp³-hybridized carbons (Fsp3) is 0.538. The zero-order valence-corrected chi connectivity index (χ0v) is 14.1. The quantitative estimate of drug-likeness (QED) is 0.380. The van der Waals surface area contributed by atoms with Gasteiger partial charge < -0.3 is 15.4 Å². The Morgan fingerprint density at radius 1 is 1.30 bits per heavy atom. The summed E-state index contributed by atoms with van der Waals surface area (Å²) in [6.07, 6.45) is 5.41. The highest BCUT2D eigenvalue weighted by atomic mass is 35.5. The lowest BCUT2D eigenvalue weighted by atomic mass is 10.4. The van der Waals surface area contributed by atoms with Gasteiger partial charge in [0.2, 0.25) is 11.9 Å². The molecule has 0 aromatic carbocycles. The van der Waals surface area contributed by atoms with Crippen LogP contribution in [-0.2, 0) is 14.4 Å². The third-order valence-corrected chi connectivity index (χ3v) is 2.45. The van der Waals surface area contributed by atoms with Crippen LogP contribution in [-0.4, -0.2) is 54.8 Å². The number of hydroxylamine groups is 1. The number of carbonyl (C=O) groups is 1. The third-order valence-electron chi connectivity index (χ3n) is 2.45. The summed E-state index contributed by atoms with van der Waals surface area (Å²) < 4.78 is 4.84. The summed E-state index contributed by atoms with van der Waals surface area (Å²) >= 11 is 0. The summed E-state index contributed by atoms with van der Waals surface area (Å²) in [5, 5.41) is 7.17.